The molecule has 0 aromatic carbocycles. The molecule has 0 N–H and O–H groups in total. The summed E-state index contributed by atoms with van der Waals surface area (Å²) >= 11 is 6.19. The Balaban J connectivity index is 4.93. The van der Waals surface area contributed by atoms with Gasteiger partial charge in [-0.05, 0) is 39.2 Å². The van der Waals surface area contributed by atoms with E-state index in [0.29, 0.717) is 5.92 Å². The van der Waals surface area contributed by atoms with Crippen LogP contribution in [0.25, 0.3) is 0 Å². The van der Waals surface area contributed by atoms with Gasteiger partial charge in [0, 0.05) is 5.03 Å². The highest BCUT2D eigenvalue weighted by Crippen LogP contribution is 2.25. The predicted molar refractivity (Wildman–Crippen MR) is 57.4 cm³/mol. The molecule has 0 aromatic rings. The second kappa shape index (κ2) is 4.71. The van der Waals surface area contributed by atoms with Gasteiger partial charge >= 0.3 is 0 Å². The van der Waals surface area contributed by atoms with Crippen LogP contribution in [0.1, 0.15) is 41.5 Å². The van der Waals surface area contributed by atoms with E-state index in [-0.39, 0.29) is 0 Å². The predicted octanol–water partition coefficient (Wildman–Crippen LogP) is 4.51. The lowest BCUT2D eigenvalue weighted by Gasteiger charge is -2.10. The molecule has 0 atom stereocenters. The standard InChI is InChI=1S/C11H19Cl/c1-7(2)9(5)11(12)10(6)8(3)4/h7H,1-6H3/b11-9+. The molecule has 0 radical (unpaired) electrons. The zero-order valence-corrected chi connectivity index (χ0v) is 9.71. The fourth-order valence-corrected chi connectivity index (χ4v) is 1.18. The molecule has 0 saturated carbocycles. The first kappa shape index (κ1) is 11.8. The Morgan fingerprint density at radius 2 is 1.42 bits per heavy atom. The highest BCUT2D eigenvalue weighted by molar-refractivity contribution is 6.32. The lowest BCUT2D eigenvalue weighted by atomic mass is 10.0. The van der Waals surface area contributed by atoms with E-state index < -0.39 is 0 Å². The third kappa shape index (κ3) is 3.02. The number of halogens is 1. The molecule has 1 heteroatoms. The van der Waals surface area contributed by atoms with Crippen molar-refractivity contribution in [1.29, 1.82) is 0 Å². The minimum Gasteiger partial charge on any atom is -0.0841 e. The fraction of sp³-hybridized carbons (Fsp3) is 0.636. The molecule has 0 aliphatic heterocycles. The molecule has 12 heavy (non-hydrogen) atoms. The molecule has 0 aliphatic rings. The van der Waals surface area contributed by atoms with Crippen molar-refractivity contribution >= 4 is 11.6 Å². The van der Waals surface area contributed by atoms with Gasteiger partial charge in [0.15, 0.2) is 0 Å². The van der Waals surface area contributed by atoms with E-state index in [1.54, 1.807) is 0 Å². The summed E-state index contributed by atoms with van der Waals surface area (Å²) in [4.78, 5) is 0. The highest BCUT2D eigenvalue weighted by Gasteiger charge is 2.05. The van der Waals surface area contributed by atoms with Gasteiger partial charge in [-0.1, -0.05) is 36.6 Å². The number of hydrogen-bond acceptors (Lipinski definition) is 0. The SMILES string of the molecule is CC(C)=C(C)/C(Cl)=C(/C)C(C)C. The fourth-order valence-electron chi connectivity index (χ4n) is 0.769. The number of rotatable bonds is 2. The van der Waals surface area contributed by atoms with Gasteiger partial charge in [-0.15, -0.1) is 0 Å². The van der Waals surface area contributed by atoms with E-state index in [0.717, 1.165) is 5.03 Å². The van der Waals surface area contributed by atoms with E-state index in [4.69, 9.17) is 11.6 Å². The number of hydrogen-bond donors (Lipinski definition) is 0. The van der Waals surface area contributed by atoms with Gasteiger partial charge < -0.3 is 0 Å². The van der Waals surface area contributed by atoms with Crippen molar-refractivity contribution in [3.63, 3.8) is 0 Å². The molecule has 0 spiro atoms. The summed E-state index contributed by atoms with van der Waals surface area (Å²) in [6, 6.07) is 0. The lowest BCUT2D eigenvalue weighted by molar-refractivity contribution is 0.765. The Morgan fingerprint density at radius 1 is 1.00 bits per heavy atom. The summed E-state index contributed by atoms with van der Waals surface area (Å²) in [5.41, 5.74) is 3.78. The van der Waals surface area contributed by atoms with Crippen molar-refractivity contribution in [1.82, 2.24) is 0 Å². The van der Waals surface area contributed by atoms with Crippen molar-refractivity contribution in [2.75, 3.05) is 0 Å². The second-order valence-corrected chi connectivity index (χ2v) is 4.15. The molecule has 0 aromatic heterocycles. The summed E-state index contributed by atoms with van der Waals surface area (Å²) < 4.78 is 0. The van der Waals surface area contributed by atoms with Crippen LogP contribution in [0.4, 0.5) is 0 Å². The van der Waals surface area contributed by atoms with Gasteiger partial charge in [-0.2, -0.15) is 0 Å². The van der Waals surface area contributed by atoms with E-state index in [2.05, 4.69) is 41.5 Å². The Morgan fingerprint density at radius 3 is 1.67 bits per heavy atom. The summed E-state index contributed by atoms with van der Waals surface area (Å²) in [6.07, 6.45) is 0. The summed E-state index contributed by atoms with van der Waals surface area (Å²) in [5, 5.41) is 0.935. The third-order valence-electron chi connectivity index (χ3n) is 2.29. The molecular formula is C11H19Cl. The largest absolute Gasteiger partial charge is 0.0841 e. The van der Waals surface area contributed by atoms with Crippen LogP contribution in [-0.4, -0.2) is 0 Å². The van der Waals surface area contributed by atoms with Crippen molar-refractivity contribution < 1.29 is 0 Å². The first-order chi connectivity index (χ1) is 5.37. The third-order valence-corrected chi connectivity index (χ3v) is 2.87. The quantitative estimate of drug-likeness (QED) is 0.557. The minimum atomic E-state index is 0.534. The highest BCUT2D eigenvalue weighted by atomic mass is 35.5. The molecule has 0 amide bonds. The van der Waals surface area contributed by atoms with Crippen LogP contribution in [0, 0.1) is 5.92 Å². The summed E-state index contributed by atoms with van der Waals surface area (Å²) in [7, 11) is 0. The average molecular weight is 187 g/mol. The zero-order chi connectivity index (χ0) is 9.89. The summed E-state index contributed by atoms with van der Waals surface area (Å²) in [6.45, 7) is 12.7. The van der Waals surface area contributed by atoms with Gasteiger partial charge in [0.25, 0.3) is 0 Å². The Bertz CT molecular complexity index is 215. The first-order valence-corrected chi connectivity index (χ1v) is 4.76. The minimum absolute atomic E-state index is 0.534. The van der Waals surface area contributed by atoms with Gasteiger partial charge in [-0.25, -0.2) is 0 Å². The monoisotopic (exact) mass is 186 g/mol. The Kier molecular flexibility index (Phi) is 4.62. The summed E-state index contributed by atoms with van der Waals surface area (Å²) in [5.74, 6) is 0.534. The van der Waals surface area contributed by atoms with Crippen LogP contribution >= 0.6 is 11.6 Å². The molecule has 0 nitrogen and oxygen atoms in total. The van der Waals surface area contributed by atoms with Crippen LogP contribution in [0.15, 0.2) is 21.8 Å². The van der Waals surface area contributed by atoms with Crippen LogP contribution in [0.5, 0.6) is 0 Å². The van der Waals surface area contributed by atoms with Crippen LogP contribution in [-0.2, 0) is 0 Å². The maximum absolute atomic E-state index is 6.19. The van der Waals surface area contributed by atoms with E-state index in [1.807, 2.05) is 0 Å². The molecular weight excluding hydrogens is 168 g/mol. The molecule has 0 bridgehead atoms. The van der Waals surface area contributed by atoms with Crippen molar-refractivity contribution in [3.8, 4) is 0 Å². The zero-order valence-electron chi connectivity index (χ0n) is 8.96. The maximum Gasteiger partial charge on any atom is 0.0426 e. The second-order valence-electron chi connectivity index (χ2n) is 3.78. The number of allylic oxidation sites excluding steroid dienone is 4. The maximum atomic E-state index is 6.19. The first-order valence-electron chi connectivity index (χ1n) is 4.38. The van der Waals surface area contributed by atoms with Gasteiger partial charge in [0.2, 0.25) is 0 Å². The normalized spacial score (nSPS) is 13.0. The molecule has 0 aliphatic carbocycles. The topological polar surface area (TPSA) is 0 Å². The van der Waals surface area contributed by atoms with Gasteiger partial charge in [0.1, 0.15) is 0 Å². The molecule has 0 rings (SSSR count). The van der Waals surface area contributed by atoms with Crippen molar-refractivity contribution in [2.45, 2.75) is 41.5 Å². The van der Waals surface area contributed by atoms with Gasteiger partial charge in [0.05, 0.1) is 0 Å². The smallest absolute Gasteiger partial charge is 0.0426 e. The van der Waals surface area contributed by atoms with E-state index >= 15 is 0 Å². The van der Waals surface area contributed by atoms with Crippen LogP contribution in [0.3, 0.4) is 0 Å². The Hall–Kier alpha value is -0.230. The molecule has 70 valence electrons. The van der Waals surface area contributed by atoms with Crippen LogP contribution < -0.4 is 0 Å². The van der Waals surface area contributed by atoms with Crippen molar-refractivity contribution in [2.24, 2.45) is 5.92 Å². The average Bonchev–Trinajstić information content (AvgIpc) is 2.00. The molecule has 0 heterocycles. The van der Waals surface area contributed by atoms with Crippen LogP contribution in [0.2, 0.25) is 0 Å². The molecule has 0 fully saturated rings. The lowest BCUT2D eigenvalue weighted by Crippen LogP contribution is -1.94. The molecule has 0 unspecified atom stereocenters. The van der Waals surface area contributed by atoms with E-state index in [1.165, 1.54) is 16.7 Å². The molecule has 0 saturated heterocycles. The Labute approximate surface area is 81.3 Å². The van der Waals surface area contributed by atoms with Gasteiger partial charge in [-0.3, -0.25) is 0 Å². The van der Waals surface area contributed by atoms with E-state index in [9.17, 15) is 0 Å². The van der Waals surface area contributed by atoms with Crippen molar-refractivity contribution in [3.05, 3.63) is 21.8 Å².